The number of esters is 1. The smallest absolute Gasteiger partial charge is 0.335 e. The van der Waals surface area contributed by atoms with E-state index in [0.717, 1.165) is 35.7 Å². The molecule has 0 N–H and O–H groups in total. The lowest BCUT2D eigenvalue weighted by molar-refractivity contribution is -0.140. The Bertz CT molecular complexity index is 489. The van der Waals surface area contributed by atoms with Gasteiger partial charge >= 0.3 is 5.97 Å². The molecule has 0 amide bonds. The number of carbonyl (C=O) groups excluding carboxylic acids is 1. The molecule has 0 aromatic carbocycles. The Morgan fingerprint density at radius 1 is 1.05 bits per heavy atom. The normalized spacial score (nSPS) is 32.7. The van der Waals surface area contributed by atoms with Crippen LogP contribution >= 0.6 is 15.9 Å². The van der Waals surface area contributed by atoms with Crippen LogP contribution in [0.4, 0.5) is 0 Å². The van der Waals surface area contributed by atoms with Gasteiger partial charge in [0.15, 0.2) is 0 Å². The number of allylic oxidation sites excluding steroid dienone is 3. The van der Waals surface area contributed by atoms with Gasteiger partial charge in [0.05, 0.1) is 12.7 Å². The van der Waals surface area contributed by atoms with Crippen molar-refractivity contribution in [2.24, 2.45) is 10.8 Å². The molecule has 2 aliphatic rings. The molecule has 3 heteroatoms. The summed E-state index contributed by atoms with van der Waals surface area (Å²) in [4.78, 5) is 12.1. The highest BCUT2D eigenvalue weighted by atomic mass is 79.9. The lowest BCUT2D eigenvalue weighted by atomic mass is 9.34. The third-order valence-corrected chi connectivity index (χ3v) is 6.37. The van der Waals surface area contributed by atoms with Crippen LogP contribution in [0.2, 0.25) is 0 Å². The van der Waals surface area contributed by atoms with Crippen molar-refractivity contribution in [3.05, 3.63) is 21.2 Å². The molecule has 106 valence electrons. The SMILES string of the molecule is CCC1=C(CC)C2(CC)C(C(=O)OC)=C(Br)C12CC. The molecule has 0 aromatic rings. The molecule has 0 bridgehead atoms. The van der Waals surface area contributed by atoms with E-state index in [1.54, 1.807) is 5.57 Å². The first kappa shape index (κ1) is 14.8. The van der Waals surface area contributed by atoms with Crippen molar-refractivity contribution in [3.63, 3.8) is 0 Å². The van der Waals surface area contributed by atoms with Gasteiger partial charge in [0.1, 0.15) is 0 Å². The number of ether oxygens (including phenoxy) is 1. The van der Waals surface area contributed by atoms with Crippen LogP contribution < -0.4 is 0 Å². The lowest BCUT2D eigenvalue weighted by Crippen LogP contribution is -2.63. The third-order valence-electron chi connectivity index (χ3n) is 5.30. The number of methoxy groups -OCH3 is 1. The van der Waals surface area contributed by atoms with Crippen LogP contribution in [-0.4, -0.2) is 13.1 Å². The van der Waals surface area contributed by atoms with E-state index in [4.69, 9.17) is 4.74 Å². The Hall–Kier alpha value is -0.570. The lowest BCUT2D eigenvalue weighted by Gasteiger charge is -2.69. The fourth-order valence-electron chi connectivity index (χ4n) is 4.75. The van der Waals surface area contributed by atoms with E-state index >= 15 is 0 Å². The zero-order valence-electron chi connectivity index (χ0n) is 12.5. The Morgan fingerprint density at radius 3 is 1.89 bits per heavy atom. The van der Waals surface area contributed by atoms with E-state index in [1.807, 2.05) is 0 Å². The number of hydrogen-bond acceptors (Lipinski definition) is 2. The highest BCUT2D eigenvalue weighted by Gasteiger charge is 2.73. The predicted octanol–water partition coefficient (Wildman–Crippen LogP) is 4.75. The number of rotatable bonds is 5. The van der Waals surface area contributed by atoms with Crippen LogP contribution in [-0.2, 0) is 9.53 Å². The maximum Gasteiger partial charge on any atom is 0.335 e. The molecule has 0 radical (unpaired) electrons. The fraction of sp³-hybridized carbons (Fsp3) is 0.688. The quantitative estimate of drug-likeness (QED) is 0.538. The first-order valence-electron chi connectivity index (χ1n) is 7.25. The van der Waals surface area contributed by atoms with Gasteiger partial charge in [-0.15, -0.1) is 0 Å². The topological polar surface area (TPSA) is 26.3 Å². The van der Waals surface area contributed by atoms with Gasteiger partial charge in [-0.25, -0.2) is 4.79 Å². The Balaban J connectivity index is 2.64. The molecule has 0 saturated heterocycles. The van der Waals surface area contributed by atoms with Crippen LogP contribution in [0.1, 0.15) is 53.4 Å². The fourth-order valence-corrected chi connectivity index (χ4v) is 6.11. The molecule has 0 aromatic heterocycles. The summed E-state index contributed by atoms with van der Waals surface area (Å²) in [6, 6.07) is 0. The first-order chi connectivity index (χ1) is 9.03. The summed E-state index contributed by atoms with van der Waals surface area (Å²) >= 11 is 3.70. The van der Waals surface area contributed by atoms with Crippen molar-refractivity contribution >= 4 is 21.9 Å². The zero-order valence-corrected chi connectivity index (χ0v) is 14.1. The van der Waals surface area contributed by atoms with Crippen molar-refractivity contribution < 1.29 is 9.53 Å². The second-order valence-corrected chi connectivity index (χ2v) is 6.16. The number of hydrogen-bond donors (Lipinski definition) is 0. The average Bonchev–Trinajstić information content (AvgIpc) is 2.42. The molecule has 0 aliphatic heterocycles. The van der Waals surface area contributed by atoms with Crippen LogP contribution in [0.5, 0.6) is 0 Å². The minimum absolute atomic E-state index is 0.0617. The number of fused-ring (bicyclic) bond motifs is 1. The number of carbonyl (C=O) groups is 1. The molecular formula is C16H23BrO2. The van der Waals surface area contributed by atoms with Crippen molar-refractivity contribution in [2.45, 2.75) is 53.4 Å². The van der Waals surface area contributed by atoms with Crippen molar-refractivity contribution in [1.29, 1.82) is 0 Å². The summed E-state index contributed by atoms with van der Waals surface area (Å²) in [7, 11) is 1.47. The highest BCUT2D eigenvalue weighted by Crippen LogP contribution is 2.80. The van der Waals surface area contributed by atoms with Crippen molar-refractivity contribution in [3.8, 4) is 0 Å². The second-order valence-electron chi connectivity index (χ2n) is 5.36. The van der Waals surface area contributed by atoms with Crippen molar-refractivity contribution in [1.82, 2.24) is 0 Å². The summed E-state index contributed by atoms with van der Waals surface area (Å²) < 4.78 is 6.08. The zero-order chi connectivity index (χ0) is 14.4. The molecule has 2 atom stereocenters. The number of halogens is 1. The van der Waals surface area contributed by atoms with Crippen LogP contribution in [0.25, 0.3) is 0 Å². The van der Waals surface area contributed by atoms with E-state index in [-0.39, 0.29) is 16.8 Å². The predicted molar refractivity (Wildman–Crippen MR) is 81.0 cm³/mol. The molecule has 19 heavy (non-hydrogen) atoms. The summed E-state index contributed by atoms with van der Waals surface area (Å²) in [6.07, 6.45) is 4.13. The Labute approximate surface area is 124 Å². The molecule has 0 fully saturated rings. The molecule has 2 unspecified atom stereocenters. The van der Waals surface area contributed by atoms with Gasteiger partial charge in [-0.1, -0.05) is 54.8 Å². The van der Waals surface area contributed by atoms with Gasteiger partial charge in [-0.2, -0.15) is 0 Å². The maximum absolute atomic E-state index is 12.1. The Kier molecular flexibility index (Phi) is 3.72. The molecule has 2 nitrogen and oxygen atoms in total. The average molecular weight is 327 g/mol. The Morgan fingerprint density at radius 2 is 1.53 bits per heavy atom. The van der Waals surface area contributed by atoms with Crippen LogP contribution in [0.15, 0.2) is 21.2 Å². The van der Waals surface area contributed by atoms with E-state index < -0.39 is 0 Å². The third kappa shape index (κ3) is 1.30. The monoisotopic (exact) mass is 326 g/mol. The van der Waals surface area contributed by atoms with Gasteiger partial charge in [-0.05, 0) is 25.7 Å². The summed E-state index contributed by atoms with van der Waals surface area (Å²) in [5.74, 6) is -0.168. The van der Waals surface area contributed by atoms with Crippen LogP contribution in [0.3, 0.4) is 0 Å². The van der Waals surface area contributed by atoms with Gasteiger partial charge in [0.25, 0.3) is 0 Å². The van der Waals surface area contributed by atoms with Gasteiger partial charge in [-0.3, -0.25) is 0 Å². The van der Waals surface area contributed by atoms with Crippen molar-refractivity contribution in [2.75, 3.05) is 7.11 Å². The molecule has 0 spiro atoms. The van der Waals surface area contributed by atoms with Crippen LogP contribution in [0, 0.1) is 10.8 Å². The first-order valence-corrected chi connectivity index (χ1v) is 8.04. The summed E-state index contributed by atoms with van der Waals surface area (Å²) in [5, 5.41) is 0. The van der Waals surface area contributed by atoms with E-state index in [1.165, 1.54) is 12.7 Å². The molecule has 0 heterocycles. The van der Waals surface area contributed by atoms with Gasteiger partial charge < -0.3 is 4.74 Å². The van der Waals surface area contributed by atoms with E-state index in [9.17, 15) is 4.79 Å². The maximum atomic E-state index is 12.1. The van der Waals surface area contributed by atoms with E-state index in [0.29, 0.717) is 0 Å². The highest BCUT2D eigenvalue weighted by molar-refractivity contribution is 9.11. The van der Waals surface area contributed by atoms with Gasteiger partial charge in [0.2, 0.25) is 0 Å². The van der Waals surface area contributed by atoms with E-state index in [2.05, 4.69) is 43.6 Å². The minimum Gasteiger partial charge on any atom is -0.466 e. The minimum atomic E-state index is -0.168. The molecule has 2 aliphatic carbocycles. The summed E-state index contributed by atoms with van der Waals surface area (Å²) in [6.45, 7) is 8.83. The molecule has 0 saturated carbocycles. The largest absolute Gasteiger partial charge is 0.466 e. The second kappa shape index (κ2) is 4.76. The summed E-state index contributed by atoms with van der Waals surface area (Å²) in [5.41, 5.74) is 3.90. The molecule has 2 rings (SSSR count). The van der Waals surface area contributed by atoms with Gasteiger partial charge in [0, 0.05) is 15.3 Å². The standard InChI is InChI=1S/C16H23BrO2/c1-6-10-11(7-2)16(9-4)13(17)12(14(18)19-5)15(10,16)8-3/h6-9H2,1-5H3. The molecular weight excluding hydrogens is 304 g/mol.